The van der Waals surface area contributed by atoms with E-state index in [1.165, 1.54) is 18.7 Å². The number of ether oxygens (including phenoxy) is 1. The molecule has 5 rings (SSSR count). The first-order valence-corrected chi connectivity index (χ1v) is 13.9. The van der Waals surface area contributed by atoms with Gasteiger partial charge in [0.1, 0.15) is 5.70 Å². The molecular formula is C32H30N2O4S. The fraction of sp³-hybridized carbons (Fsp3) is 0.219. The summed E-state index contributed by atoms with van der Waals surface area (Å²) < 4.78 is 6.63. The van der Waals surface area contributed by atoms with E-state index in [4.69, 9.17) is 4.74 Å². The summed E-state index contributed by atoms with van der Waals surface area (Å²) in [5.74, 6) is -0.921. The van der Waals surface area contributed by atoms with Crippen LogP contribution < -0.4 is 5.32 Å². The number of rotatable bonds is 9. The molecule has 0 spiro atoms. The summed E-state index contributed by atoms with van der Waals surface area (Å²) >= 11 is 1.33. The van der Waals surface area contributed by atoms with Crippen molar-refractivity contribution in [2.75, 3.05) is 0 Å². The predicted molar refractivity (Wildman–Crippen MR) is 152 cm³/mol. The Morgan fingerprint density at radius 2 is 1.46 bits per heavy atom. The number of esters is 1. The molecule has 0 bridgehead atoms. The van der Waals surface area contributed by atoms with Gasteiger partial charge in [-0.3, -0.25) is 9.59 Å². The number of benzene rings is 3. The number of carbonyl (C=O) groups excluding carboxylic acids is 3. The molecule has 3 aromatic rings. The molecule has 6 nitrogen and oxygen atoms in total. The number of hydrogen-bond acceptors (Lipinski definition) is 5. The van der Waals surface area contributed by atoms with E-state index in [9.17, 15) is 14.4 Å². The number of thioether (sulfide) groups is 1. The summed E-state index contributed by atoms with van der Waals surface area (Å²) in [4.78, 5) is 41.1. The summed E-state index contributed by atoms with van der Waals surface area (Å²) in [6.45, 7) is 3.42. The van der Waals surface area contributed by atoms with Crippen LogP contribution in [-0.2, 0) is 24.7 Å². The Morgan fingerprint density at radius 1 is 0.949 bits per heavy atom. The van der Waals surface area contributed by atoms with Crippen LogP contribution in [0.1, 0.15) is 43.4 Å². The third-order valence-electron chi connectivity index (χ3n) is 7.24. The molecule has 0 aliphatic carbocycles. The summed E-state index contributed by atoms with van der Waals surface area (Å²) in [6, 6.07) is 29.0. The highest BCUT2D eigenvalue weighted by Gasteiger charge is 2.55. The lowest BCUT2D eigenvalue weighted by atomic mass is 9.80. The van der Waals surface area contributed by atoms with Crippen molar-refractivity contribution < 1.29 is 19.1 Å². The van der Waals surface area contributed by atoms with Crippen molar-refractivity contribution in [2.24, 2.45) is 5.92 Å². The van der Waals surface area contributed by atoms with Crippen molar-refractivity contribution in [1.29, 1.82) is 0 Å². The minimum absolute atomic E-state index is 0.0550. The molecule has 2 aliphatic heterocycles. The van der Waals surface area contributed by atoms with Gasteiger partial charge in [-0.2, -0.15) is 0 Å². The van der Waals surface area contributed by atoms with E-state index < -0.39 is 11.6 Å². The van der Waals surface area contributed by atoms with E-state index in [-0.39, 0.29) is 29.5 Å². The normalized spacial score (nSPS) is 18.6. The zero-order valence-electron chi connectivity index (χ0n) is 21.9. The number of nitrogens with one attached hydrogen (secondary N) is 1. The van der Waals surface area contributed by atoms with Crippen LogP contribution in [0, 0.1) is 5.92 Å². The summed E-state index contributed by atoms with van der Waals surface area (Å²) in [6.07, 6.45) is 2.82. The van der Waals surface area contributed by atoms with E-state index >= 15 is 0 Å². The average Bonchev–Trinajstić information content (AvgIpc) is 3.30. The maximum atomic E-state index is 14.3. The lowest BCUT2D eigenvalue weighted by Gasteiger charge is -2.44. The molecule has 2 amide bonds. The third kappa shape index (κ3) is 4.90. The molecule has 1 saturated heterocycles. The third-order valence-corrected chi connectivity index (χ3v) is 8.15. The van der Waals surface area contributed by atoms with Crippen LogP contribution in [0.25, 0.3) is 0 Å². The molecule has 39 heavy (non-hydrogen) atoms. The molecule has 0 radical (unpaired) electrons. The zero-order valence-corrected chi connectivity index (χ0v) is 22.7. The van der Waals surface area contributed by atoms with Gasteiger partial charge in [-0.15, -0.1) is 0 Å². The molecule has 1 fully saturated rings. The fourth-order valence-corrected chi connectivity index (χ4v) is 6.31. The minimum atomic E-state index is -1.24. The monoisotopic (exact) mass is 538 g/mol. The van der Waals surface area contributed by atoms with Gasteiger partial charge in [0.2, 0.25) is 11.8 Å². The number of carbonyl (C=O) groups is 3. The predicted octanol–water partition coefficient (Wildman–Crippen LogP) is 5.71. The van der Waals surface area contributed by atoms with Crippen LogP contribution in [0.2, 0.25) is 0 Å². The van der Waals surface area contributed by atoms with Gasteiger partial charge in [0, 0.05) is 41.1 Å². The standard InChI is InChI=1S/C32H30N2O4S/c1-3-26-27-21-28(39-20-19-33-22(2)35)29(34(27)30(26)36)31(37)38-32(23-13-7-4-8-14-23,24-15-9-5-10-16-24)25-17-11-6-12-18-25/h4-20,26-27H,3,21H2,1-2H3,(H,33,35)/b20-19+. The lowest BCUT2D eigenvalue weighted by Crippen LogP contribution is -2.58. The van der Waals surface area contributed by atoms with E-state index in [1.54, 1.807) is 16.5 Å². The van der Waals surface area contributed by atoms with E-state index in [1.807, 2.05) is 97.9 Å². The highest BCUT2D eigenvalue weighted by atomic mass is 32.2. The molecule has 0 aromatic heterocycles. The molecule has 2 atom stereocenters. The van der Waals surface area contributed by atoms with Crippen LogP contribution >= 0.6 is 11.8 Å². The summed E-state index contributed by atoms with van der Waals surface area (Å²) in [5.41, 5.74) is 1.43. The Bertz CT molecular complexity index is 1320. The molecule has 0 saturated carbocycles. The highest BCUT2D eigenvalue weighted by Crippen LogP contribution is 2.49. The smallest absolute Gasteiger partial charge is 0.357 e. The highest BCUT2D eigenvalue weighted by molar-refractivity contribution is 8.05. The average molecular weight is 539 g/mol. The van der Waals surface area contributed by atoms with Gasteiger partial charge >= 0.3 is 5.97 Å². The van der Waals surface area contributed by atoms with Gasteiger partial charge in [-0.25, -0.2) is 4.79 Å². The molecule has 2 unspecified atom stereocenters. The van der Waals surface area contributed by atoms with Gasteiger partial charge < -0.3 is 15.0 Å². The maximum Gasteiger partial charge on any atom is 0.357 e. The van der Waals surface area contributed by atoms with Gasteiger partial charge in [0.05, 0.1) is 12.0 Å². The number of amides is 2. The van der Waals surface area contributed by atoms with E-state index in [0.29, 0.717) is 12.8 Å². The second-order valence-electron chi connectivity index (χ2n) is 9.56. The van der Waals surface area contributed by atoms with Crippen LogP contribution in [0.4, 0.5) is 0 Å². The van der Waals surface area contributed by atoms with Crippen LogP contribution in [0.3, 0.4) is 0 Å². The Balaban J connectivity index is 1.61. The first-order valence-electron chi connectivity index (χ1n) is 13.0. The Morgan fingerprint density at radius 3 is 1.92 bits per heavy atom. The largest absolute Gasteiger partial charge is 0.440 e. The van der Waals surface area contributed by atoms with Gasteiger partial charge in [0.15, 0.2) is 5.60 Å². The quantitative estimate of drug-likeness (QED) is 0.214. The van der Waals surface area contributed by atoms with Crippen LogP contribution in [0.5, 0.6) is 0 Å². The van der Waals surface area contributed by atoms with Gasteiger partial charge in [0.25, 0.3) is 0 Å². The number of hydrogen-bond donors (Lipinski definition) is 1. The molecular weight excluding hydrogens is 508 g/mol. The number of fused-ring (bicyclic) bond motifs is 1. The van der Waals surface area contributed by atoms with Crippen molar-refractivity contribution in [1.82, 2.24) is 10.2 Å². The Labute approximate surface area is 232 Å². The van der Waals surface area contributed by atoms with Gasteiger partial charge in [-0.05, 0) is 11.8 Å². The minimum Gasteiger partial charge on any atom is -0.440 e. The SMILES string of the molecule is CCC1C(=O)N2C(C(=O)OC(c3ccccc3)(c3ccccc3)c3ccccc3)=C(S/C=C/NC(C)=O)CC12. The summed E-state index contributed by atoms with van der Waals surface area (Å²) in [7, 11) is 0. The van der Waals surface area contributed by atoms with E-state index in [0.717, 1.165) is 21.6 Å². The summed E-state index contributed by atoms with van der Waals surface area (Å²) in [5, 5.41) is 4.35. The van der Waals surface area contributed by atoms with Crippen molar-refractivity contribution in [3.05, 3.63) is 130 Å². The molecule has 1 N–H and O–H groups in total. The Kier molecular flexibility index (Phi) is 7.70. The van der Waals surface area contributed by atoms with Gasteiger partial charge in [-0.1, -0.05) is 110 Å². The second-order valence-corrected chi connectivity index (χ2v) is 10.6. The molecule has 2 aliphatic rings. The fourth-order valence-electron chi connectivity index (χ4n) is 5.45. The molecule has 2 heterocycles. The van der Waals surface area contributed by atoms with E-state index in [2.05, 4.69) is 5.32 Å². The maximum absolute atomic E-state index is 14.3. The van der Waals surface area contributed by atoms with Crippen LogP contribution in [0.15, 0.2) is 113 Å². The van der Waals surface area contributed by atoms with Crippen LogP contribution in [-0.4, -0.2) is 28.7 Å². The first-order chi connectivity index (χ1) is 19.0. The Hall–Kier alpha value is -4.10. The second kappa shape index (κ2) is 11.3. The molecule has 198 valence electrons. The van der Waals surface area contributed by atoms with Crippen molar-refractivity contribution in [2.45, 2.75) is 38.3 Å². The van der Waals surface area contributed by atoms with Crippen molar-refractivity contribution >= 4 is 29.5 Å². The first kappa shape index (κ1) is 26.5. The molecule has 3 aromatic carbocycles. The molecule has 7 heteroatoms. The van der Waals surface area contributed by atoms with Crippen molar-refractivity contribution in [3.8, 4) is 0 Å². The zero-order chi connectivity index (χ0) is 27.4. The number of nitrogens with zero attached hydrogens (tertiary/aromatic N) is 1. The van der Waals surface area contributed by atoms with Crippen molar-refractivity contribution in [3.63, 3.8) is 0 Å². The number of β-lactam (4-membered cyclic amide) rings is 1. The topological polar surface area (TPSA) is 75.7 Å². The lowest BCUT2D eigenvalue weighted by molar-refractivity contribution is -0.161.